The van der Waals surface area contributed by atoms with E-state index in [4.69, 9.17) is 11.6 Å². The summed E-state index contributed by atoms with van der Waals surface area (Å²) in [6.45, 7) is 4.22. The lowest BCUT2D eigenvalue weighted by atomic mass is 10.0. The van der Waals surface area contributed by atoms with Crippen molar-refractivity contribution in [1.29, 1.82) is 0 Å². The van der Waals surface area contributed by atoms with Crippen molar-refractivity contribution in [2.24, 2.45) is 0 Å². The van der Waals surface area contributed by atoms with Gasteiger partial charge >= 0.3 is 0 Å². The summed E-state index contributed by atoms with van der Waals surface area (Å²) in [4.78, 5) is 0. The van der Waals surface area contributed by atoms with Crippen LogP contribution in [-0.2, 0) is 6.42 Å². The fourth-order valence-electron chi connectivity index (χ4n) is 1.55. The molecule has 1 aromatic rings. The molecule has 0 bridgehead atoms. The summed E-state index contributed by atoms with van der Waals surface area (Å²) in [5.41, 5.74) is 2.51. The van der Waals surface area contributed by atoms with Crippen LogP contribution >= 0.6 is 11.6 Å². The molecule has 0 spiro atoms. The maximum atomic E-state index is 6.11. The Morgan fingerprint density at radius 3 is 2.60 bits per heavy atom. The van der Waals surface area contributed by atoms with Gasteiger partial charge < -0.3 is 5.32 Å². The standard InChI is InChI=1S/C13H18ClN/c1-10(2)8-12(15-3)9-11-6-4-5-7-13(11)14/h4-8,12,15H,9H2,1-3H3. The van der Waals surface area contributed by atoms with Gasteiger partial charge in [-0.2, -0.15) is 0 Å². The maximum Gasteiger partial charge on any atom is 0.0438 e. The van der Waals surface area contributed by atoms with Crippen molar-refractivity contribution in [1.82, 2.24) is 5.32 Å². The van der Waals surface area contributed by atoms with E-state index in [0.29, 0.717) is 6.04 Å². The minimum atomic E-state index is 0.356. The third-order valence-corrected chi connectivity index (χ3v) is 2.67. The van der Waals surface area contributed by atoms with Crippen LogP contribution in [0.1, 0.15) is 19.4 Å². The molecule has 1 aromatic carbocycles. The fraction of sp³-hybridized carbons (Fsp3) is 0.385. The quantitative estimate of drug-likeness (QED) is 0.772. The monoisotopic (exact) mass is 223 g/mol. The van der Waals surface area contributed by atoms with Gasteiger partial charge in [-0.1, -0.05) is 41.4 Å². The minimum Gasteiger partial charge on any atom is -0.313 e. The Morgan fingerprint density at radius 2 is 2.07 bits per heavy atom. The Morgan fingerprint density at radius 1 is 1.40 bits per heavy atom. The van der Waals surface area contributed by atoms with Gasteiger partial charge in [-0.15, -0.1) is 0 Å². The predicted molar refractivity (Wildman–Crippen MR) is 67.4 cm³/mol. The van der Waals surface area contributed by atoms with Crippen molar-refractivity contribution in [2.75, 3.05) is 7.05 Å². The molecule has 0 radical (unpaired) electrons. The molecular formula is C13H18ClN. The van der Waals surface area contributed by atoms with Crippen molar-refractivity contribution < 1.29 is 0 Å². The zero-order valence-corrected chi connectivity index (χ0v) is 10.3. The van der Waals surface area contributed by atoms with Crippen LogP contribution in [0, 0.1) is 0 Å². The molecule has 15 heavy (non-hydrogen) atoms. The van der Waals surface area contributed by atoms with Crippen LogP contribution in [0.15, 0.2) is 35.9 Å². The lowest BCUT2D eigenvalue weighted by Gasteiger charge is -2.13. The number of hydrogen-bond acceptors (Lipinski definition) is 1. The lowest BCUT2D eigenvalue weighted by Crippen LogP contribution is -2.25. The van der Waals surface area contributed by atoms with Gasteiger partial charge in [0.25, 0.3) is 0 Å². The van der Waals surface area contributed by atoms with Gasteiger partial charge in [0.1, 0.15) is 0 Å². The summed E-state index contributed by atoms with van der Waals surface area (Å²) in [7, 11) is 1.97. The number of hydrogen-bond donors (Lipinski definition) is 1. The molecule has 0 aliphatic rings. The molecule has 0 saturated carbocycles. The Labute approximate surface area is 97.1 Å². The van der Waals surface area contributed by atoms with E-state index in [2.05, 4.69) is 31.3 Å². The first kappa shape index (κ1) is 12.3. The van der Waals surface area contributed by atoms with Gasteiger partial charge in [0.2, 0.25) is 0 Å². The van der Waals surface area contributed by atoms with Crippen molar-refractivity contribution >= 4 is 11.6 Å². The topological polar surface area (TPSA) is 12.0 Å². The van der Waals surface area contributed by atoms with E-state index < -0.39 is 0 Å². The van der Waals surface area contributed by atoms with E-state index in [1.807, 2.05) is 25.2 Å². The molecule has 82 valence electrons. The van der Waals surface area contributed by atoms with Crippen molar-refractivity contribution in [3.05, 3.63) is 46.5 Å². The third-order valence-electron chi connectivity index (χ3n) is 2.30. The molecule has 2 heteroatoms. The highest BCUT2D eigenvalue weighted by molar-refractivity contribution is 6.31. The normalized spacial score (nSPS) is 12.3. The highest BCUT2D eigenvalue weighted by atomic mass is 35.5. The lowest BCUT2D eigenvalue weighted by molar-refractivity contribution is 0.660. The van der Waals surface area contributed by atoms with Crippen LogP contribution in [0.5, 0.6) is 0 Å². The first-order valence-electron chi connectivity index (χ1n) is 5.19. The molecule has 0 saturated heterocycles. The molecular weight excluding hydrogens is 206 g/mol. The number of rotatable bonds is 4. The SMILES string of the molecule is CNC(C=C(C)C)Cc1ccccc1Cl. The van der Waals surface area contributed by atoms with Crippen LogP contribution in [0.4, 0.5) is 0 Å². The summed E-state index contributed by atoms with van der Waals surface area (Å²) >= 11 is 6.11. The first-order valence-corrected chi connectivity index (χ1v) is 5.57. The van der Waals surface area contributed by atoms with Gasteiger partial charge in [0.05, 0.1) is 0 Å². The molecule has 1 N–H and O–H groups in total. The fourth-order valence-corrected chi connectivity index (χ4v) is 1.76. The van der Waals surface area contributed by atoms with Crippen molar-refractivity contribution in [3.63, 3.8) is 0 Å². The Bertz CT molecular complexity index is 340. The first-order chi connectivity index (χ1) is 7.13. The Balaban J connectivity index is 2.75. The van der Waals surface area contributed by atoms with Crippen LogP contribution < -0.4 is 5.32 Å². The van der Waals surface area contributed by atoms with Gasteiger partial charge in [-0.05, 0) is 38.9 Å². The van der Waals surface area contributed by atoms with E-state index in [1.54, 1.807) is 0 Å². The summed E-state index contributed by atoms with van der Waals surface area (Å²) in [5.74, 6) is 0. The van der Waals surface area contributed by atoms with Crippen LogP contribution in [-0.4, -0.2) is 13.1 Å². The molecule has 0 aliphatic heterocycles. The van der Waals surface area contributed by atoms with E-state index in [1.165, 1.54) is 11.1 Å². The van der Waals surface area contributed by atoms with Gasteiger partial charge in [0, 0.05) is 11.1 Å². The average molecular weight is 224 g/mol. The highest BCUT2D eigenvalue weighted by Crippen LogP contribution is 2.17. The van der Waals surface area contributed by atoms with Gasteiger partial charge in [-0.3, -0.25) is 0 Å². The van der Waals surface area contributed by atoms with E-state index in [0.717, 1.165) is 11.4 Å². The molecule has 0 aliphatic carbocycles. The Hall–Kier alpha value is -0.790. The Kier molecular flexibility index (Phi) is 4.86. The van der Waals surface area contributed by atoms with Crippen molar-refractivity contribution in [2.45, 2.75) is 26.3 Å². The number of halogens is 1. The van der Waals surface area contributed by atoms with Crippen molar-refractivity contribution in [3.8, 4) is 0 Å². The summed E-state index contributed by atoms with van der Waals surface area (Å²) in [6.07, 6.45) is 3.16. The molecule has 0 amide bonds. The van der Waals surface area contributed by atoms with Gasteiger partial charge in [0.15, 0.2) is 0 Å². The second-order valence-electron chi connectivity index (χ2n) is 3.93. The summed E-state index contributed by atoms with van der Waals surface area (Å²) in [5, 5.41) is 4.12. The number of benzene rings is 1. The largest absolute Gasteiger partial charge is 0.313 e. The third kappa shape index (κ3) is 4.06. The summed E-state index contributed by atoms with van der Waals surface area (Å²) in [6, 6.07) is 8.35. The average Bonchev–Trinajstić information content (AvgIpc) is 2.19. The molecule has 1 unspecified atom stereocenters. The van der Waals surface area contributed by atoms with E-state index in [-0.39, 0.29) is 0 Å². The molecule has 0 aromatic heterocycles. The summed E-state index contributed by atoms with van der Waals surface area (Å²) < 4.78 is 0. The minimum absolute atomic E-state index is 0.356. The number of likely N-dealkylation sites (N-methyl/N-ethyl adjacent to an activating group) is 1. The van der Waals surface area contributed by atoms with E-state index >= 15 is 0 Å². The number of nitrogens with one attached hydrogen (secondary N) is 1. The molecule has 1 rings (SSSR count). The predicted octanol–water partition coefficient (Wildman–Crippen LogP) is 3.44. The van der Waals surface area contributed by atoms with Crippen LogP contribution in [0.2, 0.25) is 5.02 Å². The number of allylic oxidation sites excluding steroid dienone is 1. The maximum absolute atomic E-state index is 6.11. The van der Waals surface area contributed by atoms with Crippen LogP contribution in [0.3, 0.4) is 0 Å². The molecule has 1 atom stereocenters. The highest BCUT2D eigenvalue weighted by Gasteiger charge is 2.06. The smallest absolute Gasteiger partial charge is 0.0438 e. The zero-order chi connectivity index (χ0) is 11.3. The molecule has 1 nitrogen and oxygen atoms in total. The van der Waals surface area contributed by atoms with E-state index in [9.17, 15) is 0 Å². The molecule has 0 fully saturated rings. The second kappa shape index (κ2) is 5.94. The zero-order valence-electron chi connectivity index (χ0n) is 9.55. The van der Waals surface area contributed by atoms with Crippen LogP contribution in [0.25, 0.3) is 0 Å². The molecule has 0 heterocycles. The van der Waals surface area contributed by atoms with Gasteiger partial charge in [-0.25, -0.2) is 0 Å². The second-order valence-corrected chi connectivity index (χ2v) is 4.34.